The summed E-state index contributed by atoms with van der Waals surface area (Å²) in [5.41, 5.74) is 4.12. The number of piperazine rings is 1. The number of sulfonamides is 1. The van der Waals surface area contributed by atoms with Crippen LogP contribution in [0.4, 0.5) is 11.4 Å². The first-order valence-electron chi connectivity index (χ1n) is 14.5. The number of amides is 1. The maximum absolute atomic E-state index is 13.6. The minimum Gasteiger partial charge on any atom is -0.367 e. The average Bonchev–Trinajstić information content (AvgIpc) is 3.01. The second-order valence-corrected chi connectivity index (χ2v) is 12.6. The number of carbonyl (C=O) groups is 1. The van der Waals surface area contributed by atoms with E-state index in [0.29, 0.717) is 5.56 Å². The van der Waals surface area contributed by atoms with Crippen molar-refractivity contribution in [3.05, 3.63) is 90.5 Å². The molecule has 0 unspecified atom stereocenters. The molecule has 2 aliphatic rings. The third kappa shape index (κ3) is 6.15. The first-order chi connectivity index (χ1) is 20.0. The maximum atomic E-state index is 13.6. The molecule has 1 aliphatic heterocycles. The van der Waals surface area contributed by atoms with Crippen molar-refractivity contribution >= 4 is 38.1 Å². The second-order valence-electron chi connectivity index (χ2n) is 10.9. The lowest BCUT2D eigenvalue weighted by atomic mass is 9.96. The monoisotopic (exact) mass is 568 g/mol. The molecule has 4 aromatic rings. The molecule has 6 rings (SSSR count). The summed E-state index contributed by atoms with van der Waals surface area (Å²) in [6, 6.07) is 26.8. The molecule has 0 spiro atoms. The zero-order chi connectivity index (χ0) is 28.2. The van der Waals surface area contributed by atoms with E-state index in [4.69, 9.17) is 0 Å². The lowest BCUT2D eigenvalue weighted by Gasteiger charge is -2.31. The van der Waals surface area contributed by atoms with Crippen molar-refractivity contribution in [2.75, 3.05) is 36.4 Å². The lowest BCUT2D eigenvalue weighted by molar-refractivity contribution is 0.102. The molecule has 7 nitrogen and oxygen atoms in total. The molecule has 0 bridgehead atoms. The summed E-state index contributed by atoms with van der Waals surface area (Å²) in [5, 5.41) is 8.51. The fraction of sp³-hybridized carbons (Fsp3) is 0.303. The van der Waals surface area contributed by atoms with Gasteiger partial charge in [-0.15, -0.1) is 0 Å². The zero-order valence-electron chi connectivity index (χ0n) is 23.1. The minimum atomic E-state index is -3.57. The van der Waals surface area contributed by atoms with Gasteiger partial charge in [0.2, 0.25) is 10.0 Å². The summed E-state index contributed by atoms with van der Waals surface area (Å²) in [5.74, 6) is -0.162. The summed E-state index contributed by atoms with van der Waals surface area (Å²) in [4.78, 5) is 16.2. The minimum absolute atomic E-state index is 0.0128. The number of hydrogen-bond acceptors (Lipinski definition) is 5. The van der Waals surface area contributed by atoms with Crippen LogP contribution in [0.5, 0.6) is 0 Å². The molecule has 4 aromatic carbocycles. The Hall–Kier alpha value is -3.72. The van der Waals surface area contributed by atoms with Crippen molar-refractivity contribution in [2.45, 2.75) is 43.0 Å². The number of benzene rings is 4. The Balaban J connectivity index is 1.29. The van der Waals surface area contributed by atoms with E-state index in [2.05, 4.69) is 26.3 Å². The smallest absolute Gasteiger partial charge is 0.256 e. The largest absolute Gasteiger partial charge is 0.367 e. The summed E-state index contributed by atoms with van der Waals surface area (Å²) in [6.07, 6.45) is 5.09. The highest BCUT2D eigenvalue weighted by Crippen LogP contribution is 2.33. The van der Waals surface area contributed by atoms with Crippen LogP contribution in [0.25, 0.3) is 21.9 Å². The van der Waals surface area contributed by atoms with E-state index in [-0.39, 0.29) is 16.8 Å². The van der Waals surface area contributed by atoms with Crippen molar-refractivity contribution < 1.29 is 13.2 Å². The van der Waals surface area contributed by atoms with Gasteiger partial charge in [0.1, 0.15) is 0 Å². The normalized spacial score (nSPS) is 16.5. The standard InChI is InChI=1S/C33H36N4O3S/c38-33(30-12-6-8-25-7-4-5-11-29(25)30)35-31-23-26(15-18-32(31)37-21-19-34-20-22-37)24-13-16-28(17-14-24)41(39,40)36-27-9-2-1-3-10-27/h4-8,11-18,23,27,34,36H,1-3,9-10,19-22H2,(H,35,38). The van der Waals surface area contributed by atoms with Crippen LogP contribution in [0, 0.1) is 0 Å². The molecule has 1 aliphatic carbocycles. The van der Waals surface area contributed by atoms with E-state index >= 15 is 0 Å². The molecule has 1 amide bonds. The van der Waals surface area contributed by atoms with Crippen LogP contribution in [-0.2, 0) is 10.0 Å². The zero-order valence-corrected chi connectivity index (χ0v) is 23.9. The quantitative estimate of drug-likeness (QED) is 0.263. The molecule has 41 heavy (non-hydrogen) atoms. The van der Waals surface area contributed by atoms with Gasteiger partial charge in [-0.3, -0.25) is 4.79 Å². The van der Waals surface area contributed by atoms with Crippen LogP contribution in [0.2, 0.25) is 0 Å². The second kappa shape index (κ2) is 12.0. The van der Waals surface area contributed by atoms with Crippen LogP contribution in [0.1, 0.15) is 42.5 Å². The van der Waals surface area contributed by atoms with Crippen molar-refractivity contribution in [1.82, 2.24) is 10.0 Å². The highest BCUT2D eigenvalue weighted by atomic mass is 32.2. The van der Waals surface area contributed by atoms with Gasteiger partial charge in [-0.2, -0.15) is 0 Å². The Morgan fingerprint density at radius 3 is 2.29 bits per heavy atom. The van der Waals surface area contributed by atoms with E-state index in [1.165, 1.54) is 6.42 Å². The maximum Gasteiger partial charge on any atom is 0.256 e. The summed E-state index contributed by atoms with van der Waals surface area (Å²) < 4.78 is 28.9. The third-order valence-corrected chi connectivity index (χ3v) is 9.70. The summed E-state index contributed by atoms with van der Waals surface area (Å²) in [6.45, 7) is 3.45. The van der Waals surface area contributed by atoms with Crippen LogP contribution in [-0.4, -0.2) is 46.5 Å². The fourth-order valence-corrected chi connectivity index (χ4v) is 7.25. The van der Waals surface area contributed by atoms with Crippen molar-refractivity contribution in [3.8, 4) is 11.1 Å². The Morgan fingerprint density at radius 1 is 0.805 bits per heavy atom. The van der Waals surface area contributed by atoms with Gasteiger partial charge in [0.25, 0.3) is 5.91 Å². The predicted octanol–water partition coefficient (Wildman–Crippen LogP) is 5.78. The topological polar surface area (TPSA) is 90.5 Å². The number of nitrogens with one attached hydrogen (secondary N) is 3. The summed E-state index contributed by atoms with van der Waals surface area (Å²) >= 11 is 0. The van der Waals surface area contributed by atoms with Crippen molar-refractivity contribution in [3.63, 3.8) is 0 Å². The third-order valence-electron chi connectivity index (χ3n) is 8.16. The molecular weight excluding hydrogens is 532 g/mol. The molecule has 0 atom stereocenters. The molecule has 3 N–H and O–H groups in total. The van der Waals surface area contributed by atoms with Gasteiger partial charge < -0.3 is 15.5 Å². The molecule has 1 saturated carbocycles. The number of carbonyl (C=O) groups excluding carboxylic acids is 1. The van der Waals surface area contributed by atoms with Gasteiger partial charge >= 0.3 is 0 Å². The molecule has 0 aromatic heterocycles. The average molecular weight is 569 g/mol. The number of nitrogens with zero attached hydrogens (tertiary/aromatic N) is 1. The van der Waals surface area contributed by atoms with Crippen LogP contribution in [0.15, 0.2) is 89.8 Å². The van der Waals surface area contributed by atoms with E-state index in [9.17, 15) is 13.2 Å². The van der Waals surface area contributed by atoms with E-state index in [1.807, 2.05) is 66.7 Å². The highest BCUT2D eigenvalue weighted by Gasteiger charge is 2.22. The molecule has 1 saturated heterocycles. The molecule has 2 fully saturated rings. The first kappa shape index (κ1) is 27.4. The molecule has 1 heterocycles. The number of fused-ring (bicyclic) bond motifs is 1. The lowest BCUT2D eigenvalue weighted by Crippen LogP contribution is -2.43. The molecule has 0 radical (unpaired) electrons. The van der Waals surface area contributed by atoms with E-state index in [1.54, 1.807) is 12.1 Å². The van der Waals surface area contributed by atoms with Gasteiger partial charge in [0, 0.05) is 37.8 Å². The number of hydrogen-bond donors (Lipinski definition) is 3. The Bertz CT molecular complexity index is 1640. The van der Waals surface area contributed by atoms with Crippen LogP contribution < -0.4 is 20.3 Å². The Labute approximate surface area is 242 Å². The molecule has 8 heteroatoms. The number of rotatable bonds is 7. The summed E-state index contributed by atoms with van der Waals surface area (Å²) in [7, 11) is -3.57. The van der Waals surface area contributed by atoms with Gasteiger partial charge in [-0.05, 0) is 65.1 Å². The molecule has 212 valence electrons. The predicted molar refractivity (Wildman–Crippen MR) is 166 cm³/mol. The Morgan fingerprint density at radius 2 is 1.51 bits per heavy atom. The van der Waals surface area contributed by atoms with Crippen molar-refractivity contribution in [1.29, 1.82) is 0 Å². The van der Waals surface area contributed by atoms with Gasteiger partial charge in [0.15, 0.2) is 0 Å². The SMILES string of the molecule is O=C(Nc1cc(-c2ccc(S(=O)(=O)NC3CCCCC3)cc2)ccc1N1CCNCC1)c1cccc2ccccc12. The fourth-order valence-electron chi connectivity index (χ4n) is 5.94. The highest BCUT2D eigenvalue weighted by molar-refractivity contribution is 7.89. The van der Waals surface area contributed by atoms with E-state index < -0.39 is 10.0 Å². The Kier molecular flexibility index (Phi) is 8.05. The number of anilines is 2. The van der Waals surface area contributed by atoms with E-state index in [0.717, 1.165) is 85.1 Å². The van der Waals surface area contributed by atoms with Crippen LogP contribution in [0.3, 0.4) is 0 Å². The first-order valence-corrected chi connectivity index (χ1v) is 16.0. The molecular formula is C33H36N4O3S. The van der Waals surface area contributed by atoms with Gasteiger partial charge in [-0.25, -0.2) is 13.1 Å². The van der Waals surface area contributed by atoms with Crippen LogP contribution >= 0.6 is 0 Å². The van der Waals surface area contributed by atoms with Gasteiger partial charge in [-0.1, -0.05) is 73.9 Å². The van der Waals surface area contributed by atoms with Gasteiger partial charge in [0.05, 0.1) is 16.3 Å². The van der Waals surface area contributed by atoms with Crippen molar-refractivity contribution in [2.24, 2.45) is 0 Å².